The molecule has 0 radical (unpaired) electrons. The zero-order valence-electron chi connectivity index (χ0n) is 24.5. The summed E-state index contributed by atoms with van der Waals surface area (Å²) in [5.74, 6) is 1.98. The Kier molecular flexibility index (Phi) is 10.1. The van der Waals surface area contributed by atoms with Gasteiger partial charge in [-0.2, -0.15) is 0 Å². The van der Waals surface area contributed by atoms with E-state index >= 15 is 0 Å². The third-order valence-corrected chi connectivity index (χ3v) is 7.33. The number of pyridine rings is 1. The summed E-state index contributed by atoms with van der Waals surface area (Å²) in [6.07, 6.45) is 6.63. The molecular formula is C34H37N3O6. The highest BCUT2D eigenvalue weighted by Crippen LogP contribution is 2.37. The number of aromatic nitrogens is 1. The van der Waals surface area contributed by atoms with Gasteiger partial charge in [0.05, 0.1) is 19.2 Å². The Morgan fingerprint density at radius 3 is 2.47 bits per heavy atom. The lowest BCUT2D eigenvalue weighted by atomic mass is 10.1. The molecule has 1 fully saturated rings. The summed E-state index contributed by atoms with van der Waals surface area (Å²) in [5, 5.41) is 6.87. The normalized spacial score (nSPS) is 13.8. The molecule has 224 valence electrons. The van der Waals surface area contributed by atoms with Crippen LogP contribution in [0.2, 0.25) is 0 Å². The summed E-state index contributed by atoms with van der Waals surface area (Å²) < 4.78 is 23.4. The Bertz CT molecular complexity index is 1520. The molecule has 5 rings (SSSR count). The molecule has 0 spiro atoms. The van der Waals surface area contributed by atoms with E-state index in [-0.39, 0.29) is 24.0 Å². The van der Waals surface area contributed by atoms with Crippen molar-refractivity contribution in [3.63, 3.8) is 0 Å². The number of nitrogens with zero attached hydrogens (tertiary/aromatic N) is 1. The highest BCUT2D eigenvalue weighted by molar-refractivity contribution is 6.04. The lowest BCUT2D eigenvalue weighted by Gasteiger charge is -2.17. The molecule has 0 aliphatic heterocycles. The number of hydrogen-bond donors (Lipinski definition) is 2. The molecule has 1 saturated carbocycles. The number of benzene rings is 3. The van der Waals surface area contributed by atoms with Crippen molar-refractivity contribution in [3.8, 4) is 23.0 Å². The van der Waals surface area contributed by atoms with E-state index in [1.165, 1.54) is 0 Å². The van der Waals surface area contributed by atoms with Crippen molar-refractivity contribution in [2.75, 3.05) is 25.6 Å². The maximum atomic E-state index is 12.4. The summed E-state index contributed by atoms with van der Waals surface area (Å²) in [6.45, 7) is 2.87. The fourth-order valence-electron chi connectivity index (χ4n) is 4.94. The molecule has 1 atom stereocenters. The number of amides is 1. The smallest absolute Gasteiger partial charge is 0.323 e. The molecule has 0 bridgehead atoms. The molecule has 0 saturated heterocycles. The first kappa shape index (κ1) is 29.8. The van der Waals surface area contributed by atoms with E-state index in [1.807, 2.05) is 37.3 Å². The molecular weight excluding hydrogens is 546 g/mol. The van der Waals surface area contributed by atoms with Gasteiger partial charge in [0.2, 0.25) is 0 Å². The molecule has 1 amide bonds. The topological polar surface area (TPSA) is 108 Å². The standard InChI is InChI=1S/C34H37N3O6/c1-23(34(39)43-26-11-6-7-12-26)35-18-8-20-41-32-22-29-28(21-31(32)40-2)30(17-19-36-29)42-27-15-13-25(14-16-27)37-33(38)24-9-4-3-5-10-24/h3-5,9-10,13-17,19,21-23,26,35H,6-8,11-12,18,20H2,1-2H3,(H,37,38). The summed E-state index contributed by atoms with van der Waals surface area (Å²) in [6, 6.07) is 21.3. The van der Waals surface area contributed by atoms with Gasteiger partial charge in [0.1, 0.15) is 23.6 Å². The fourth-order valence-corrected chi connectivity index (χ4v) is 4.94. The molecule has 3 aromatic carbocycles. The van der Waals surface area contributed by atoms with Crippen LogP contribution >= 0.6 is 0 Å². The lowest BCUT2D eigenvalue weighted by molar-refractivity contribution is -0.150. The van der Waals surface area contributed by atoms with Gasteiger partial charge in [-0.3, -0.25) is 14.6 Å². The summed E-state index contributed by atoms with van der Waals surface area (Å²) in [5.41, 5.74) is 1.95. The van der Waals surface area contributed by atoms with Gasteiger partial charge in [-0.15, -0.1) is 0 Å². The van der Waals surface area contributed by atoms with Gasteiger partial charge >= 0.3 is 5.97 Å². The number of ether oxygens (including phenoxy) is 4. The van der Waals surface area contributed by atoms with Crippen LogP contribution < -0.4 is 24.8 Å². The minimum absolute atomic E-state index is 0.0694. The lowest BCUT2D eigenvalue weighted by Crippen LogP contribution is -2.37. The molecule has 1 heterocycles. The Balaban J connectivity index is 1.16. The van der Waals surface area contributed by atoms with Crippen LogP contribution in [0.4, 0.5) is 5.69 Å². The number of hydrogen-bond acceptors (Lipinski definition) is 8. The Hall–Kier alpha value is -4.63. The van der Waals surface area contributed by atoms with E-state index in [1.54, 1.807) is 55.8 Å². The summed E-state index contributed by atoms with van der Waals surface area (Å²) in [7, 11) is 1.59. The average Bonchev–Trinajstić information content (AvgIpc) is 3.55. The third kappa shape index (κ3) is 8.02. The van der Waals surface area contributed by atoms with Crippen molar-refractivity contribution in [2.45, 2.75) is 51.2 Å². The molecule has 2 N–H and O–H groups in total. The van der Waals surface area contributed by atoms with Gasteiger partial charge < -0.3 is 29.6 Å². The van der Waals surface area contributed by atoms with Crippen LogP contribution in [0.1, 0.15) is 49.4 Å². The highest BCUT2D eigenvalue weighted by atomic mass is 16.5. The van der Waals surface area contributed by atoms with E-state index in [0.29, 0.717) is 59.3 Å². The number of esters is 1. The first-order valence-corrected chi connectivity index (χ1v) is 14.7. The predicted octanol–water partition coefficient (Wildman–Crippen LogP) is 6.52. The van der Waals surface area contributed by atoms with Crippen molar-refractivity contribution in [1.29, 1.82) is 0 Å². The van der Waals surface area contributed by atoms with Crippen LogP contribution in [0.25, 0.3) is 10.9 Å². The molecule has 1 unspecified atom stereocenters. The molecule has 9 nitrogen and oxygen atoms in total. The van der Waals surface area contributed by atoms with Crippen LogP contribution in [0.3, 0.4) is 0 Å². The Labute approximate surface area is 251 Å². The zero-order chi connectivity index (χ0) is 30.0. The monoisotopic (exact) mass is 583 g/mol. The summed E-state index contributed by atoms with van der Waals surface area (Å²) >= 11 is 0. The number of carbonyl (C=O) groups is 2. The van der Waals surface area contributed by atoms with Crippen molar-refractivity contribution in [1.82, 2.24) is 10.3 Å². The van der Waals surface area contributed by atoms with Gasteiger partial charge in [0, 0.05) is 28.9 Å². The second-order valence-corrected chi connectivity index (χ2v) is 10.5. The predicted molar refractivity (Wildman–Crippen MR) is 165 cm³/mol. The molecule has 1 aliphatic carbocycles. The van der Waals surface area contributed by atoms with Gasteiger partial charge in [0.25, 0.3) is 5.91 Å². The number of fused-ring (bicyclic) bond motifs is 1. The molecule has 1 aliphatic rings. The minimum Gasteiger partial charge on any atom is -0.493 e. The van der Waals surface area contributed by atoms with Gasteiger partial charge in [-0.05, 0) is 94.1 Å². The number of carbonyl (C=O) groups excluding carboxylic acids is 2. The van der Waals surface area contributed by atoms with Crippen LogP contribution in [-0.4, -0.2) is 49.3 Å². The van der Waals surface area contributed by atoms with Crippen molar-refractivity contribution in [3.05, 3.63) is 84.6 Å². The largest absolute Gasteiger partial charge is 0.493 e. The van der Waals surface area contributed by atoms with Gasteiger partial charge in [-0.1, -0.05) is 18.2 Å². The SMILES string of the molecule is COc1cc2c(Oc3ccc(NC(=O)c4ccccc4)cc3)ccnc2cc1OCCCNC(C)C(=O)OC1CCCC1. The summed E-state index contributed by atoms with van der Waals surface area (Å²) in [4.78, 5) is 29.2. The number of rotatable bonds is 13. The first-order valence-electron chi connectivity index (χ1n) is 14.7. The van der Waals surface area contributed by atoms with E-state index in [2.05, 4.69) is 15.6 Å². The number of anilines is 1. The molecule has 43 heavy (non-hydrogen) atoms. The Morgan fingerprint density at radius 1 is 0.953 bits per heavy atom. The third-order valence-electron chi connectivity index (χ3n) is 7.33. The highest BCUT2D eigenvalue weighted by Gasteiger charge is 2.22. The second kappa shape index (κ2) is 14.5. The number of methoxy groups -OCH3 is 1. The van der Waals surface area contributed by atoms with Crippen LogP contribution in [-0.2, 0) is 9.53 Å². The van der Waals surface area contributed by atoms with Crippen molar-refractivity contribution >= 4 is 28.5 Å². The Morgan fingerprint density at radius 2 is 1.72 bits per heavy atom. The average molecular weight is 584 g/mol. The van der Waals surface area contributed by atoms with Crippen molar-refractivity contribution < 1.29 is 28.5 Å². The number of nitrogens with one attached hydrogen (secondary N) is 2. The quantitative estimate of drug-likeness (QED) is 0.135. The van der Waals surface area contributed by atoms with Crippen molar-refractivity contribution in [2.24, 2.45) is 0 Å². The van der Waals surface area contributed by atoms with Crippen LogP contribution in [0.15, 0.2) is 79.0 Å². The van der Waals surface area contributed by atoms with E-state index in [4.69, 9.17) is 18.9 Å². The van der Waals surface area contributed by atoms with Gasteiger partial charge in [-0.25, -0.2) is 0 Å². The van der Waals surface area contributed by atoms with E-state index < -0.39 is 0 Å². The zero-order valence-corrected chi connectivity index (χ0v) is 24.5. The first-order chi connectivity index (χ1) is 21.0. The maximum absolute atomic E-state index is 12.4. The maximum Gasteiger partial charge on any atom is 0.323 e. The minimum atomic E-state index is -0.359. The molecule has 1 aromatic heterocycles. The van der Waals surface area contributed by atoms with Crippen LogP contribution in [0, 0.1) is 0 Å². The van der Waals surface area contributed by atoms with Gasteiger partial charge in [0.15, 0.2) is 11.5 Å². The molecule has 4 aromatic rings. The van der Waals surface area contributed by atoms with E-state index in [0.717, 1.165) is 31.1 Å². The molecule has 9 heteroatoms. The fraction of sp³-hybridized carbons (Fsp3) is 0.324. The second-order valence-electron chi connectivity index (χ2n) is 10.5. The van der Waals surface area contributed by atoms with E-state index in [9.17, 15) is 9.59 Å². The van der Waals surface area contributed by atoms with Crippen LogP contribution in [0.5, 0.6) is 23.0 Å².